The Morgan fingerprint density at radius 1 is 0.941 bits per heavy atom. The predicted molar refractivity (Wildman–Crippen MR) is 137 cm³/mol. The summed E-state index contributed by atoms with van der Waals surface area (Å²) in [5, 5.41) is 0. The molecule has 1 amide bonds. The molecule has 2 aromatic rings. The number of rotatable bonds is 14. The second-order valence-electron chi connectivity index (χ2n) is 8.61. The van der Waals surface area contributed by atoms with Crippen LogP contribution in [0.15, 0.2) is 42.5 Å². The summed E-state index contributed by atoms with van der Waals surface area (Å²) in [6, 6.07) is 13.0. The Morgan fingerprint density at radius 3 is 2.21 bits per heavy atom. The second-order valence-corrected chi connectivity index (χ2v) is 10.5. The Morgan fingerprint density at radius 2 is 1.62 bits per heavy atom. The molecule has 2 aromatic carbocycles. The third-order valence-corrected chi connectivity index (χ3v) is 7.20. The molecule has 0 aliphatic carbocycles. The van der Waals surface area contributed by atoms with Crippen LogP contribution in [0.25, 0.3) is 0 Å². The van der Waals surface area contributed by atoms with Gasteiger partial charge in [-0.3, -0.25) is 4.79 Å². The monoisotopic (exact) mass is 489 g/mol. The number of carbonyl (C=O) groups excluding carboxylic acids is 1. The maximum Gasteiger partial charge on any atom is 0.309 e. The fourth-order valence-corrected chi connectivity index (χ4v) is 4.18. The quantitative estimate of drug-likeness (QED) is 0.241. The molecule has 0 heterocycles. The molecular weight excluding hydrogens is 450 g/mol. The third kappa shape index (κ3) is 8.05. The van der Waals surface area contributed by atoms with Gasteiger partial charge < -0.3 is 13.8 Å². The Balaban J connectivity index is 2.22. The van der Waals surface area contributed by atoms with Gasteiger partial charge in [0.1, 0.15) is 0 Å². The van der Waals surface area contributed by atoms with Crippen molar-refractivity contribution in [3.05, 3.63) is 59.2 Å². The normalized spacial score (nSPS) is 12.3. The molecule has 0 radical (unpaired) electrons. The molecule has 7 heteroatoms. The Bertz CT molecular complexity index is 1020. The van der Waals surface area contributed by atoms with E-state index in [4.69, 9.17) is 8.92 Å². The number of carbonyl (C=O) groups is 1. The molecule has 0 saturated heterocycles. The van der Waals surface area contributed by atoms with Gasteiger partial charge in [0.15, 0.2) is 11.5 Å². The van der Waals surface area contributed by atoms with Gasteiger partial charge in [0.25, 0.3) is 5.91 Å². The molecule has 0 aliphatic heterocycles. The lowest BCUT2D eigenvalue weighted by molar-refractivity contribution is 0.0671. The van der Waals surface area contributed by atoms with Gasteiger partial charge in [-0.2, -0.15) is 8.42 Å². The first kappa shape index (κ1) is 27.7. The number of hydrogen-bond donors (Lipinski definition) is 0. The Hall–Kier alpha value is -2.54. The molecule has 0 saturated carbocycles. The van der Waals surface area contributed by atoms with E-state index in [0.717, 1.165) is 24.8 Å². The fraction of sp³-hybridized carbons (Fsp3) is 0.519. The minimum atomic E-state index is -3.71. The summed E-state index contributed by atoms with van der Waals surface area (Å²) in [7, 11) is -2.24. The zero-order chi connectivity index (χ0) is 25.1. The second kappa shape index (κ2) is 13.4. The maximum atomic E-state index is 13.4. The average molecular weight is 490 g/mol. The lowest BCUT2D eigenvalue weighted by Gasteiger charge is -2.29. The smallest absolute Gasteiger partial charge is 0.309 e. The van der Waals surface area contributed by atoms with Crippen LogP contribution in [-0.2, 0) is 23.1 Å². The average Bonchev–Trinajstić information content (AvgIpc) is 2.84. The van der Waals surface area contributed by atoms with Crippen LogP contribution in [0.2, 0.25) is 0 Å². The van der Waals surface area contributed by atoms with Crippen LogP contribution >= 0.6 is 0 Å². The van der Waals surface area contributed by atoms with Gasteiger partial charge in [0.2, 0.25) is 0 Å². The highest BCUT2D eigenvalue weighted by Crippen LogP contribution is 2.30. The molecule has 188 valence electrons. The maximum absolute atomic E-state index is 13.4. The van der Waals surface area contributed by atoms with E-state index < -0.39 is 10.1 Å². The van der Waals surface area contributed by atoms with Crippen molar-refractivity contribution in [1.82, 2.24) is 4.90 Å². The van der Waals surface area contributed by atoms with Gasteiger partial charge in [0, 0.05) is 18.2 Å². The summed E-state index contributed by atoms with van der Waals surface area (Å²) in [5.41, 5.74) is 2.66. The van der Waals surface area contributed by atoms with Crippen LogP contribution in [0.5, 0.6) is 11.5 Å². The van der Waals surface area contributed by atoms with E-state index in [9.17, 15) is 13.2 Å². The summed E-state index contributed by atoms with van der Waals surface area (Å²) < 4.78 is 34.5. The first-order valence-corrected chi connectivity index (χ1v) is 13.8. The SMILES string of the molecule is CCCCCCc1ccc(C(=O)N(Cc2ccc(OC)c(OS(=O)(=O)CC)c2)[C@@H](C)CC)cc1. The van der Waals surface area contributed by atoms with Crippen molar-refractivity contribution in [2.75, 3.05) is 12.9 Å². The highest BCUT2D eigenvalue weighted by Gasteiger charge is 2.22. The van der Waals surface area contributed by atoms with Crippen molar-refractivity contribution in [1.29, 1.82) is 0 Å². The number of ether oxygens (including phenoxy) is 1. The van der Waals surface area contributed by atoms with Crippen molar-refractivity contribution in [2.24, 2.45) is 0 Å². The van der Waals surface area contributed by atoms with Crippen molar-refractivity contribution >= 4 is 16.0 Å². The molecule has 0 bridgehead atoms. The molecule has 0 aromatic heterocycles. The van der Waals surface area contributed by atoms with E-state index in [2.05, 4.69) is 6.92 Å². The van der Waals surface area contributed by atoms with Gasteiger partial charge in [-0.25, -0.2) is 0 Å². The number of aryl methyl sites for hydroxylation is 1. The van der Waals surface area contributed by atoms with E-state index in [0.29, 0.717) is 17.9 Å². The molecule has 0 fully saturated rings. The summed E-state index contributed by atoms with van der Waals surface area (Å²) in [6.07, 6.45) is 6.68. The number of methoxy groups -OCH3 is 1. The lowest BCUT2D eigenvalue weighted by atomic mass is 10.0. The fourth-order valence-electron chi connectivity index (χ4n) is 3.66. The Labute approximate surface area is 205 Å². The first-order valence-electron chi connectivity index (χ1n) is 12.2. The van der Waals surface area contributed by atoms with Gasteiger partial charge in [-0.1, -0.05) is 51.3 Å². The largest absolute Gasteiger partial charge is 0.493 e. The van der Waals surface area contributed by atoms with E-state index >= 15 is 0 Å². The van der Waals surface area contributed by atoms with Crippen LogP contribution in [0.3, 0.4) is 0 Å². The first-order chi connectivity index (χ1) is 16.2. The number of amides is 1. The number of unbranched alkanes of at least 4 members (excludes halogenated alkanes) is 3. The number of nitrogens with zero attached hydrogens (tertiary/aromatic N) is 1. The van der Waals surface area contributed by atoms with Crippen LogP contribution in [-0.4, -0.2) is 38.1 Å². The van der Waals surface area contributed by atoms with E-state index in [1.165, 1.54) is 38.9 Å². The Kier molecular flexibility index (Phi) is 10.9. The van der Waals surface area contributed by atoms with Crippen molar-refractivity contribution in [3.63, 3.8) is 0 Å². The van der Waals surface area contributed by atoms with Gasteiger partial charge in [-0.05, 0) is 68.5 Å². The van der Waals surface area contributed by atoms with Crippen molar-refractivity contribution in [3.8, 4) is 11.5 Å². The molecule has 6 nitrogen and oxygen atoms in total. The zero-order valence-corrected chi connectivity index (χ0v) is 22.0. The summed E-state index contributed by atoms with van der Waals surface area (Å²) in [6.45, 7) is 8.12. The van der Waals surface area contributed by atoms with Crippen LogP contribution in [0, 0.1) is 0 Å². The van der Waals surface area contributed by atoms with Crippen molar-refractivity contribution in [2.45, 2.75) is 78.8 Å². The molecule has 34 heavy (non-hydrogen) atoms. The molecular formula is C27H39NO5S. The van der Waals surface area contributed by atoms with Crippen molar-refractivity contribution < 1.29 is 22.1 Å². The number of hydrogen-bond acceptors (Lipinski definition) is 5. The minimum Gasteiger partial charge on any atom is -0.493 e. The molecule has 0 N–H and O–H groups in total. The zero-order valence-electron chi connectivity index (χ0n) is 21.2. The van der Waals surface area contributed by atoms with E-state index in [-0.39, 0.29) is 23.5 Å². The third-order valence-electron chi connectivity index (χ3n) is 6.05. The molecule has 1 atom stereocenters. The molecule has 0 aliphatic rings. The summed E-state index contributed by atoms with van der Waals surface area (Å²) >= 11 is 0. The van der Waals surface area contributed by atoms with Crippen LogP contribution < -0.4 is 8.92 Å². The van der Waals surface area contributed by atoms with E-state index in [1.54, 1.807) is 12.1 Å². The van der Waals surface area contributed by atoms with Gasteiger partial charge >= 0.3 is 10.1 Å². The number of benzene rings is 2. The molecule has 2 rings (SSSR count). The van der Waals surface area contributed by atoms with Gasteiger partial charge in [-0.15, -0.1) is 0 Å². The van der Waals surface area contributed by atoms with Crippen LogP contribution in [0.1, 0.15) is 81.3 Å². The van der Waals surface area contributed by atoms with Crippen LogP contribution in [0.4, 0.5) is 0 Å². The molecule has 0 unspecified atom stereocenters. The summed E-state index contributed by atoms with van der Waals surface area (Å²) in [5.74, 6) is 0.265. The van der Waals surface area contributed by atoms with Gasteiger partial charge in [0.05, 0.1) is 12.9 Å². The topological polar surface area (TPSA) is 72.9 Å². The highest BCUT2D eigenvalue weighted by atomic mass is 32.2. The lowest BCUT2D eigenvalue weighted by Crippen LogP contribution is -2.37. The minimum absolute atomic E-state index is 0.00654. The molecule has 0 spiro atoms. The standard InChI is InChI=1S/C27H39NO5S/c1-6-9-10-11-12-22-13-16-24(17-14-22)27(29)28(21(4)7-2)20-23-15-18-25(32-5)26(19-23)33-34(30,31)8-3/h13-19,21H,6-12,20H2,1-5H3/t21-/m0/s1. The van der Waals surface area contributed by atoms with E-state index in [1.807, 2.05) is 49.1 Å². The highest BCUT2D eigenvalue weighted by molar-refractivity contribution is 7.87. The predicted octanol–water partition coefficient (Wildman–Crippen LogP) is 5.99. The summed E-state index contributed by atoms with van der Waals surface area (Å²) in [4.78, 5) is 15.2.